The van der Waals surface area contributed by atoms with E-state index in [1.54, 1.807) is 11.8 Å². The summed E-state index contributed by atoms with van der Waals surface area (Å²) in [5, 5.41) is 12.5. The normalized spacial score (nSPS) is 34.6. The molecule has 3 fully saturated rings. The molecule has 0 saturated carbocycles. The fraction of sp³-hybridized carbons (Fsp3) is 1.00. The van der Waals surface area contributed by atoms with E-state index >= 15 is 0 Å². The second-order valence-corrected chi connectivity index (χ2v) is 11.5. The van der Waals surface area contributed by atoms with Crippen LogP contribution in [0.5, 0.6) is 0 Å². The van der Waals surface area contributed by atoms with Crippen molar-refractivity contribution in [2.45, 2.75) is 22.7 Å². The van der Waals surface area contributed by atoms with Gasteiger partial charge < -0.3 is 9.84 Å². The number of rotatable bonds is 7. The van der Waals surface area contributed by atoms with Crippen molar-refractivity contribution in [2.24, 2.45) is 0 Å². The van der Waals surface area contributed by atoms with Crippen LogP contribution in [0.15, 0.2) is 0 Å². The lowest BCUT2D eigenvalue weighted by atomic mass is 10.4. The van der Waals surface area contributed by atoms with E-state index in [0.29, 0.717) is 12.5 Å². The van der Waals surface area contributed by atoms with Crippen molar-refractivity contribution >= 4 is 70.4 Å². The molecule has 0 aromatic heterocycles. The Bertz CT molecular complexity index is 265. The van der Waals surface area contributed by atoms with Crippen molar-refractivity contribution < 1.29 is 9.84 Å². The summed E-state index contributed by atoms with van der Waals surface area (Å²) in [5.41, 5.74) is 0. The molecular weight excluding hydrogens is 384 g/mol. The number of alkyl halides is 1. The minimum Gasteiger partial charge on any atom is -0.390 e. The van der Waals surface area contributed by atoms with Crippen molar-refractivity contribution in [3.05, 3.63) is 0 Å². The maximum atomic E-state index is 9.11. The highest BCUT2D eigenvalue weighted by atomic mass is 35.5. The number of halogens is 1. The van der Waals surface area contributed by atoms with Crippen LogP contribution >= 0.6 is 70.4 Å². The third-order valence-electron chi connectivity index (χ3n) is 2.89. The molecule has 0 bridgehead atoms. The maximum Gasteiger partial charge on any atom is 0.0863 e. The number of thioether (sulfide) groups is 5. The van der Waals surface area contributed by atoms with Gasteiger partial charge in [0.05, 0.1) is 18.8 Å². The van der Waals surface area contributed by atoms with Crippen LogP contribution in [-0.2, 0) is 4.74 Å². The molecular formula is C13H23ClO2S5. The van der Waals surface area contributed by atoms with E-state index in [1.165, 1.54) is 28.1 Å². The summed E-state index contributed by atoms with van der Waals surface area (Å²) in [6, 6.07) is 0. The van der Waals surface area contributed by atoms with E-state index in [9.17, 15) is 0 Å². The molecule has 0 aromatic carbocycles. The van der Waals surface area contributed by atoms with Crippen molar-refractivity contribution in [3.8, 4) is 0 Å². The largest absolute Gasteiger partial charge is 0.390 e. The quantitative estimate of drug-likeness (QED) is 0.300. The fourth-order valence-electron chi connectivity index (χ4n) is 1.51. The molecule has 3 aliphatic heterocycles. The Hall–Kier alpha value is 1.96. The van der Waals surface area contributed by atoms with E-state index < -0.39 is 0 Å². The third-order valence-corrected chi connectivity index (χ3v) is 9.44. The molecule has 2 nitrogen and oxygen atoms in total. The van der Waals surface area contributed by atoms with Gasteiger partial charge in [-0.2, -0.15) is 35.3 Å². The molecule has 3 saturated heterocycles. The summed E-state index contributed by atoms with van der Waals surface area (Å²) >= 11 is 15.8. The topological polar surface area (TPSA) is 29.5 Å². The van der Waals surface area contributed by atoms with Crippen LogP contribution < -0.4 is 0 Å². The number of hydrogen-bond acceptors (Lipinski definition) is 7. The first-order chi connectivity index (χ1) is 10.3. The maximum absolute atomic E-state index is 9.11. The number of aliphatic hydroxyl groups excluding tert-OH is 1. The van der Waals surface area contributed by atoms with Crippen LogP contribution in [0.25, 0.3) is 0 Å². The molecule has 0 spiro atoms. The van der Waals surface area contributed by atoms with Gasteiger partial charge in [0.1, 0.15) is 0 Å². The first-order valence-corrected chi connectivity index (χ1v) is 13.2. The lowest BCUT2D eigenvalue weighted by Gasteiger charge is -2.09. The predicted molar refractivity (Wildman–Crippen MR) is 106 cm³/mol. The lowest BCUT2D eigenvalue weighted by Crippen LogP contribution is -2.20. The van der Waals surface area contributed by atoms with E-state index in [-0.39, 0.29) is 12.2 Å². The molecule has 0 aromatic rings. The molecule has 8 heteroatoms. The van der Waals surface area contributed by atoms with E-state index in [1.807, 2.05) is 0 Å². The van der Waals surface area contributed by atoms with Crippen molar-refractivity contribution in [3.63, 3.8) is 0 Å². The monoisotopic (exact) mass is 406 g/mol. The van der Waals surface area contributed by atoms with E-state index in [0.717, 1.165) is 22.0 Å². The van der Waals surface area contributed by atoms with Gasteiger partial charge in [-0.25, -0.2) is 0 Å². The Morgan fingerprint density at radius 2 is 1.67 bits per heavy atom. The van der Waals surface area contributed by atoms with Gasteiger partial charge >= 0.3 is 0 Å². The average Bonchev–Trinajstić information content (AvgIpc) is 3.36. The SMILES string of the molecule is C(SCC1CS1)SCC1CS1.OC1COC(CCl)CSC1. The zero-order chi connectivity index (χ0) is 14.9. The summed E-state index contributed by atoms with van der Waals surface area (Å²) in [6.07, 6.45) is -0.179. The van der Waals surface area contributed by atoms with Crippen molar-refractivity contribution in [1.29, 1.82) is 0 Å². The van der Waals surface area contributed by atoms with Gasteiger partial charge in [0.25, 0.3) is 0 Å². The zero-order valence-electron chi connectivity index (χ0n) is 11.9. The molecule has 4 atom stereocenters. The summed E-state index contributed by atoms with van der Waals surface area (Å²) < 4.78 is 5.26. The molecule has 0 radical (unpaired) electrons. The first-order valence-electron chi connectivity index (χ1n) is 7.10. The van der Waals surface area contributed by atoms with Gasteiger partial charge in [-0.15, -0.1) is 35.1 Å². The second kappa shape index (κ2) is 11.5. The Labute approximate surface area is 154 Å². The minimum atomic E-state index is -0.307. The molecule has 3 aliphatic rings. The summed E-state index contributed by atoms with van der Waals surface area (Å²) in [4.78, 5) is 0. The summed E-state index contributed by atoms with van der Waals surface area (Å²) in [5.74, 6) is 7.85. The Balaban J connectivity index is 0.000000155. The van der Waals surface area contributed by atoms with Crippen LogP contribution in [0.1, 0.15) is 0 Å². The highest BCUT2D eigenvalue weighted by Gasteiger charge is 2.23. The standard InChI is InChI=1S/C7H12S4.C6H11ClO2S/c1(6-3-10-6)8-5-9-2-7-4-11-7;7-1-6-4-10-3-5(8)2-9-6/h6-7H,1-5H2;5-6,8H,1-4H2. The van der Waals surface area contributed by atoms with Gasteiger partial charge in [0.15, 0.2) is 0 Å². The van der Waals surface area contributed by atoms with Crippen molar-refractivity contribution in [2.75, 3.05) is 52.1 Å². The molecule has 124 valence electrons. The van der Waals surface area contributed by atoms with Gasteiger partial charge in [-0.05, 0) is 0 Å². The zero-order valence-corrected chi connectivity index (χ0v) is 16.8. The van der Waals surface area contributed by atoms with Gasteiger partial charge in [-0.3, -0.25) is 0 Å². The molecule has 1 N–H and O–H groups in total. The lowest BCUT2D eigenvalue weighted by molar-refractivity contribution is 0.0230. The van der Waals surface area contributed by atoms with E-state index in [4.69, 9.17) is 21.4 Å². The van der Waals surface area contributed by atoms with Crippen LogP contribution in [-0.4, -0.2) is 79.9 Å². The molecule has 3 rings (SSSR count). The van der Waals surface area contributed by atoms with Gasteiger partial charge in [-0.1, -0.05) is 0 Å². The van der Waals surface area contributed by atoms with Gasteiger partial charge in [0, 0.05) is 56.0 Å². The molecule has 3 heterocycles. The molecule has 21 heavy (non-hydrogen) atoms. The van der Waals surface area contributed by atoms with Crippen LogP contribution in [0.3, 0.4) is 0 Å². The Morgan fingerprint density at radius 1 is 1.05 bits per heavy atom. The summed E-state index contributed by atoms with van der Waals surface area (Å²) in [6.45, 7) is 0.435. The predicted octanol–water partition coefficient (Wildman–Crippen LogP) is 3.36. The van der Waals surface area contributed by atoms with Crippen LogP contribution in [0.4, 0.5) is 0 Å². The number of hydrogen-bond donors (Lipinski definition) is 1. The summed E-state index contributed by atoms with van der Waals surface area (Å²) in [7, 11) is 0. The number of ether oxygens (including phenoxy) is 1. The van der Waals surface area contributed by atoms with Gasteiger partial charge in [0.2, 0.25) is 0 Å². The fourth-order valence-corrected chi connectivity index (χ4v) is 6.98. The molecule has 4 unspecified atom stereocenters. The molecule has 0 aliphatic carbocycles. The van der Waals surface area contributed by atoms with Crippen molar-refractivity contribution in [1.82, 2.24) is 0 Å². The highest BCUT2D eigenvalue weighted by Crippen LogP contribution is 2.36. The van der Waals surface area contributed by atoms with Crippen LogP contribution in [0, 0.1) is 0 Å². The first kappa shape index (κ1) is 19.3. The second-order valence-electron chi connectivity index (χ2n) is 5.07. The van der Waals surface area contributed by atoms with E-state index in [2.05, 4.69) is 47.0 Å². The Morgan fingerprint density at radius 3 is 2.19 bits per heavy atom. The number of aliphatic hydroxyl groups is 1. The smallest absolute Gasteiger partial charge is 0.0863 e. The minimum absolute atomic E-state index is 0.129. The Kier molecular flexibility index (Phi) is 10.6. The third kappa shape index (κ3) is 10.4. The molecule has 0 amide bonds. The van der Waals surface area contributed by atoms with Crippen LogP contribution in [0.2, 0.25) is 0 Å². The average molecular weight is 407 g/mol. The highest BCUT2D eigenvalue weighted by molar-refractivity contribution is 8.17.